The molecule has 1 fully saturated rings. The molecule has 0 radical (unpaired) electrons. The lowest BCUT2D eigenvalue weighted by atomic mass is 9.85. The van der Waals surface area contributed by atoms with Gasteiger partial charge in [-0.05, 0) is 39.1 Å². The predicted molar refractivity (Wildman–Crippen MR) is 84.3 cm³/mol. The van der Waals surface area contributed by atoms with Crippen molar-refractivity contribution < 1.29 is 0 Å². The molecule has 116 valence electrons. The Balaban J connectivity index is 1.83. The van der Waals surface area contributed by atoms with Crippen LogP contribution in [-0.4, -0.2) is 63.3 Å². The normalized spacial score (nSPS) is 21.9. The van der Waals surface area contributed by atoms with E-state index in [2.05, 4.69) is 49.7 Å². The first-order valence-corrected chi connectivity index (χ1v) is 7.90. The first-order chi connectivity index (χ1) is 10.7. The van der Waals surface area contributed by atoms with Crippen molar-refractivity contribution in [2.75, 3.05) is 33.7 Å². The Bertz CT molecular complexity index is 657. The van der Waals surface area contributed by atoms with E-state index in [9.17, 15) is 0 Å². The number of hydrogen-bond donors (Lipinski definition) is 0. The maximum Gasteiger partial charge on any atom is 0.166 e. The Morgan fingerprint density at radius 1 is 1.09 bits per heavy atom. The first-order valence-electron chi connectivity index (χ1n) is 7.90. The van der Waals surface area contributed by atoms with Gasteiger partial charge in [-0.2, -0.15) is 0 Å². The third-order valence-corrected chi connectivity index (χ3v) is 5.02. The highest BCUT2D eigenvalue weighted by Gasteiger charge is 2.43. The summed E-state index contributed by atoms with van der Waals surface area (Å²) in [5, 5.41) is 8.99. The van der Waals surface area contributed by atoms with E-state index in [-0.39, 0.29) is 5.54 Å². The van der Waals surface area contributed by atoms with E-state index >= 15 is 0 Å². The number of aromatic nitrogens is 4. The SMILES string of the molecule is CN1CCC2(CC1)CN(C)Cc1nnc(-c3cccnc3)n12. The lowest BCUT2D eigenvalue weighted by Crippen LogP contribution is -2.54. The van der Waals surface area contributed by atoms with Crippen LogP contribution in [0.25, 0.3) is 11.4 Å². The molecule has 0 unspecified atom stereocenters. The topological polar surface area (TPSA) is 50.1 Å². The molecule has 0 aliphatic carbocycles. The molecule has 22 heavy (non-hydrogen) atoms. The summed E-state index contributed by atoms with van der Waals surface area (Å²) in [6.07, 6.45) is 5.98. The average molecular weight is 298 g/mol. The summed E-state index contributed by atoms with van der Waals surface area (Å²) < 4.78 is 2.41. The minimum atomic E-state index is 0.115. The number of likely N-dealkylation sites (N-methyl/N-ethyl adjacent to an activating group) is 1. The number of likely N-dealkylation sites (tertiary alicyclic amines) is 1. The zero-order valence-corrected chi connectivity index (χ0v) is 13.2. The minimum Gasteiger partial charge on any atom is -0.306 e. The fourth-order valence-electron chi connectivity index (χ4n) is 3.89. The van der Waals surface area contributed by atoms with Crippen molar-refractivity contribution in [2.24, 2.45) is 0 Å². The van der Waals surface area contributed by atoms with Gasteiger partial charge in [0.1, 0.15) is 5.82 Å². The van der Waals surface area contributed by atoms with Crippen molar-refractivity contribution in [3.05, 3.63) is 30.4 Å². The van der Waals surface area contributed by atoms with E-state index in [1.54, 1.807) is 6.20 Å². The maximum atomic E-state index is 4.50. The lowest BCUT2D eigenvalue weighted by Gasteiger charge is -2.47. The largest absolute Gasteiger partial charge is 0.306 e. The molecule has 0 aromatic carbocycles. The molecule has 2 aromatic heterocycles. The monoisotopic (exact) mass is 298 g/mol. The third-order valence-electron chi connectivity index (χ3n) is 5.02. The van der Waals surface area contributed by atoms with Crippen LogP contribution >= 0.6 is 0 Å². The van der Waals surface area contributed by atoms with Gasteiger partial charge in [0, 0.05) is 37.6 Å². The van der Waals surface area contributed by atoms with Crippen molar-refractivity contribution in [3.63, 3.8) is 0 Å². The summed E-state index contributed by atoms with van der Waals surface area (Å²) in [4.78, 5) is 9.04. The van der Waals surface area contributed by atoms with E-state index in [0.717, 1.165) is 56.2 Å². The number of piperidine rings is 1. The molecular formula is C16H22N6. The summed E-state index contributed by atoms with van der Waals surface area (Å²) in [6, 6.07) is 4.04. The summed E-state index contributed by atoms with van der Waals surface area (Å²) in [5.41, 5.74) is 1.17. The van der Waals surface area contributed by atoms with Gasteiger partial charge in [-0.15, -0.1) is 10.2 Å². The summed E-state index contributed by atoms with van der Waals surface area (Å²) in [6.45, 7) is 4.18. The van der Waals surface area contributed by atoms with Gasteiger partial charge in [-0.25, -0.2) is 0 Å². The first kappa shape index (κ1) is 13.8. The highest BCUT2D eigenvalue weighted by molar-refractivity contribution is 5.54. The Morgan fingerprint density at radius 3 is 2.64 bits per heavy atom. The molecule has 0 bridgehead atoms. The van der Waals surface area contributed by atoms with Gasteiger partial charge in [0.15, 0.2) is 5.82 Å². The molecule has 2 aliphatic rings. The number of nitrogens with zero attached hydrogens (tertiary/aromatic N) is 6. The van der Waals surface area contributed by atoms with Gasteiger partial charge >= 0.3 is 0 Å². The van der Waals surface area contributed by atoms with Crippen LogP contribution in [0, 0.1) is 0 Å². The van der Waals surface area contributed by atoms with Crippen LogP contribution in [0.2, 0.25) is 0 Å². The molecule has 1 saturated heterocycles. The smallest absolute Gasteiger partial charge is 0.166 e. The molecule has 2 aliphatic heterocycles. The number of rotatable bonds is 1. The summed E-state index contributed by atoms with van der Waals surface area (Å²) in [5.74, 6) is 2.05. The van der Waals surface area contributed by atoms with E-state index < -0.39 is 0 Å². The fraction of sp³-hybridized carbons (Fsp3) is 0.562. The molecule has 2 aromatic rings. The van der Waals surface area contributed by atoms with E-state index in [4.69, 9.17) is 0 Å². The quantitative estimate of drug-likeness (QED) is 0.792. The molecule has 6 heteroatoms. The summed E-state index contributed by atoms with van der Waals surface area (Å²) in [7, 11) is 4.39. The number of hydrogen-bond acceptors (Lipinski definition) is 5. The van der Waals surface area contributed by atoms with Crippen molar-refractivity contribution in [1.29, 1.82) is 0 Å². The van der Waals surface area contributed by atoms with Gasteiger partial charge in [0.05, 0.1) is 12.1 Å². The lowest BCUT2D eigenvalue weighted by molar-refractivity contribution is 0.0608. The molecule has 6 nitrogen and oxygen atoms in total. The second kappa shape index (κ2) is 5.14. The van der Waals surface area contributed by atoms with Crippen LogP contribution in [0.3, 0.4) is 0 Å². The van der Waals surface area contributed by atoms with E-state index in [1.807, 2.05) is 12.3 Å². The molecule has 0 amide bonds. The van der Waals surface area contributed by atoms with Gasteiger partial charge in [0.2, 0.25) is 0 Å². The van der Waals surface area contributed by atoms with Crippen LogP contribution in [0.15, 0.2) is 24.5 Å². The van der Waals surface area contributed by atoms with Crippen molar-refractivity contribution in [2.45, 2.75) is 24.9 Å². The Labute approximate surface area is 130 Å². The second-order valence-electron chi connectivity index (χ2n) is 6.72. The zero-order chi connectivity index (χ0) is 15.2. The minimum absolute atomic E-state index is 0.115. The van der Waals surface area contributed by atoms with Gasteiger partial charge < -0.3 is 9.47 Å². The van der Waals surface area contributed by atoms with Crippen LogP contribution < -0.4 is 0 Å². The van der Waals surface area contributed by atoms with Crippen molar-refractivity contribution in [3.8, 4) is 11.4 Å². The average Bonchev–Trinajstić information content (AvgIpc) is 2.96. The van der Waals surface area contributed by atoms with Gasteiger partial charge in [-0.1, -0.05) is 0 Å². The zero-order valence-electron chi connectivity index (χ0n) is 13.2. The van der Waals surface area contributed by atoms with Crippen LogP contribution in [0.5, 0.6) is 0 Å². The predicted octanol–water partition coefficient (Wildman–Crippen LogP) is 1.21. The Morgan fingerprint density at radius 2 is 1.91 bits per heavy atom. The molecule has 1 spiro atoms. The molecule has 4 rings (SSSR count). The third kappa shape index (κ3) is 2.14. The van der Waals surface area contributed by atoms with Crippen molar-refractivity contribution >= 4 is 0 Å². The van der Waals surface area contributed by atoms with Crippen LogP contribution in [-0.2, 0) is 12.1 Å². The molecule has 0 atom stereocenters. The van der Waals surface area contributed by atoms with E-state index in [0.29, 0.717) is 0 Å². The number of fused-ring (bicyclic) bond motifs is 2. The Hall–Kier alpha value is -1.79. The molecule has 4 heterocycles. The maximum absolute atomic E-state index is 4.50. The highest BCUT2D eigenvalue weighted by Crippen LogP contribution is 2.38. The molecule has 0 N–H and O–H groups in total. The van der Waals surface area contributed by atoms with Crippen LogP contribution in [0.1, 0.15) is 18.7 Å². The molecular weight excluding hydrogens is 276 g/mol. The number of pyridine rings is 1. The Kier molecular flexibility index (Phi) is 3.23. The highest BCUT2D eigenvalue weighted by atomic mass is 15.4. The van der Waals surface area contributed by atoms with Gasteiger partial charge in [0.25, 0.3) is 0 Å². The van der Waals surface area contributed by atoms with Crippen LogP contribution in [0.4, 0.5) is 0 Å². The van der Waals surface area contributed by atoms with Crippen molar-refractivity contribution in [1.82, 2.24) is 29.5 Å². The standard InChI is InChI=1S/C16H22N6/c1-20-8-5-16(6-9-20)12-21(2)11-14-18-19-15(22(14)16)13-4-3-7-17-10-13/h3-4,7,10H,5-6,8-9,11-12H2,1-2H3. The second-order valence-corrected chi connectivity index (χ2v) is 6.72. The van der Waals surface area contributed by atoms with Gasteiger partial charge in [-0.3, -0.25) is 9.88 Å². The molecule has 0 saturated carbocycles. The van der Waals surface area contributed by atoms with E-state index in [1.165, 1.54) is 0 Å². The summed E-state index contributed by atoms with van der Waals surface area (Å²) >= 11 is 0. The fourth-order valence-corrected chi connectivity index (χ4v) is 3.89.